The molecule has 0 amide bonds. The molecular formula is C21H34N4O2. The van der Waals surface area contributed by atoms with Crippen molar-refractivity contribution in [2.24, 2.45) is 4.99 Å². The number of nitrogens with one attached hydrogen (secondary N) is 2. The molecule has 150 valence electrons. The topological polar surface area (TPSA) is 58.1 Å². The maximum atomic E-state index is 5.87. The van der Waals surface area contributed by atoms with Crippen LogP contribution in [-0.4, -0.2) is 63.4 Å². The van der Waals surface area contributed by atoms with Gasteiger partial charge in [0.05, 0.1) is 18.8 Å². The van der Waals surface area contributed by atoms with Crippen LogP contribution in [0.3, 0.4) is 0 Å². The maximum Gasteiger partial charge on any atom is 0.191 e. The van der Waals surface area contributed by atoms with Crippen LogP contribution in [0.2, 0.25) is 0 Å². The molecule has 2 unspecified atom stereocenters. The Morgan fingerprint density at radius 2 is 1.96 bits per heavy atom. The van der Waals surface area contributed by atoms with Gasteiger partial charge in [-0.1, -0.05) is 12.1 Å². The smallest absolute Gasteiger partial charge is 0.191 e. The van der Waals surface area contributed by atoms with Crippen molar-refractivity contribution in [1.82, 2.24) is 15.5 Å². The van der Waals surface area contributed by atoms with Gasteiger partial charge in [0.15, 0.2) is 5.96 Å². The third-order valence-corrected chi connectivity index (χ3v) is 5.70. The Balaban J connectivity index is 1.60. The van der Waals surface area contributed by atoms with Crippen molar-refractivity contribution in [1.29, 1.82) is 0 Å². The normalized spacial score (nSPS) is 24.8. The minimum absolute atomic E-state index is 0.0814. The van der Waals surface area contributed by atoms with Gasteiger partial charge in [0, 0.05) is 26.7 Å². The van der Waals surface area contributed by atoms with E-state index in [2.05, 4.69) is 39.6 Å². The minimum atomic E-state index is -0.0814. The van der Waals surface area contributed by atoms with E-state index in [0.717, 1.165) is 57.3 Å². The van der Waals surface area contributed by atoms with Crippen LogP contribution in [0.5, 0.6) is 5.75 Å². The van der Waals surface area contributed by atoms with Crippen molar-refractivity contribution in [2.45, 2.75) is 44.2 Å². The molecule has 1 aromatic carbocycles. The predicted octanol–water partition coefficient (Wildman–Crippen LogP) is 2.57. The molecule has 1 aromatic rings. The Hall–Kier alpha value is -1.79. The van der Waals surface area contributed by atoms with E-state index in [9.17, 15) is 0 Å². The van der Waals surface area contributed by atoms with Crippen LogP contribution in [-0.2, 0) is 4.74 Å². The van der Waals surface area contributed by atoms with E-state index in [1.165, 1.54) is 18.4 Å². The van der Waals surface area contributed by atoms with E-state index in [0.29, 0.717) is 6.04 Å². The molecule has 27 heavy (non-hydrogen) atoms. The summed E-state index contributed by atoms with van der Waals surface area (Å²) < 4.78 is 11.2. The first-order chi connectivity index (χ1) is 13.1. The van der Waals surface area contributed by atoms with Crippen molar-refractivity contribution in [3.63, 3.8) is 0 Å². The summed E-state index contributed by atoms with van der Waals surface area (Å²) in [5.74, 6) is 1.73. The minimum Gasteiger partial charge on any atom is -0.497 e. The number of rotatable bonds is 7. The lowest BCUT2D eigenvalue weighted by Gasteiger charge is -2.30. The van der Waals surface area contributed by atoms with Crippen LogP contribution in [0.4, 0.5) is 0 Å². The van der Waals surface area contributed by atoms with Gasteiger partial charge in [-0.2, -0.15) is 0 Å². The lowest BCUT2D eigenvalue weighted by molar-refractivity contribution is 0.0242. The lowest BCUT2D eigenvalue weighted by Crippen LogP contribution is -2.47. The molecule has 2 aliphatic heterocycles. The third-order valence-electron chi connectivity index (χ3n) is 5.70. The van der Waals surface area contributed by atoms with Gasteiger partial charge >= 0.3 is 0 Å². The highest BCUT2D eigenvalue weighted by atomic mass is 16.5. The molecule has 0 aromatic heterocycles. The first-order valence-corrected chi connectivity index (χ1v) is 10.1. The highest BCUT2D eigenvalue weighted by molar-refractivity contribution is 5.79. The fourth-order valence-corrected chi connectivity index (χ4v) is 4.00. The quantitative estimate of drug-likeness (QED) is 0.567. The zero-order chi connectivity index (χ0) is 19.1. The SMILES string of the molecule is CN=C(NCC(c1ccc(OC)cc1)N1CCCC1)NCC1(C)CCCO1. The zero-order valence-electron chi connectivity index (χ0n) is 17.0. The fourth-order valence-electron chi connectivity index (χ4n) is 4.00. The highest BCUT2D eigenvalue weighted by Gasteiger charge is 2.30. The second kappa shape index (κ2) is 9.42. The summed E-state index contributed by atoms with van der Waals surface area (Å²) in [6.45, 7) is 6.93. The summed E-state index contributed by atoms with van der Waals surface area (Å²) in [6.07, 6.45) is 4.78. The van der Waals surface area contributed by atoms with Gasteiger partial charge in [0.1, 0.15) is 5.75 Å². The van der Waals surface area contributed by atoms with Gasteiger partial charge in [-0.15, -0.1) is 0 Å². The number of methoxy groups -OCH3 is 1. The van der Waals surface area contributed by atoms with Gasteiger partial charge in [-0.25, -0.2) is 0 Å². The number of likely N-dealkylation sites (tertiary alicyclic amines) is 1. The van der Waals surface area contributed by atoms with Gasteiger partial charge in [0.25, 0.3) is 0 Å². The van der Waals surface area contributed by atoms with Crippen LogP contribution < -0.4 is 15.4 Å². The van der Waals surface area contributed by atoms with E-state index in [-0.39, 0.29) is 5.60 Å². The molecule has 2 fully saturated rings. The zero-order valence-corrected chi connectivity index (χ0v) is 17.0. The van der Waals surface area contributed by atoms with E-state index in [1.807, 2.05) is 19.2 Å². The number of nitrogens with zero attached hydrogens (tertiary/aromatic N) is 2. The van der Waals surface area contributed by atoms with Crippen molar-refractivity contribution >= 4 is 5.96 Å². The number of ether oxygens (including phenoxy) is 2. The second-order valence-electron chi connectivity index (χ2n) is 7.74. The third kappa shape index (κ3) is 5.36. The van der Waals surface area contributed by atoms with Crippen LogP contribution in [0, 0.1) is 0 Å². The molecule has 2 saturated heterocycles. The van der Waals surface area contributed by atoms with Crippen LogP contribution in [0.1, 0.15) is 44.2 Å². The first kappa shape index (κ1) is 20.0. The molecule has 0 saturated carbocycles. The molecular weight excluding hydrogens is 340 g/mol. The molecule has 6 nitrogen and oxygen atoms in total. The molecule has 0 spiro atoms. The van der Waals surface area contributed by atoms with E-state index >= 15 is 0 Å². The number of hydrogen-bond donors (Lipinski definition) is 2. The molecule has 0 aliphatic carbocycles. The summed E-state index contributed by atoms with van der Waals surface area (Å²) in [5.41, 5.74) is 1.23. The van der Waals surface area contributed by atoms with Crippen LogP contribution in [0.25, 0.3) is 0 Å². The summed E-state index contributed by atoms with van der Waals surface area (Å²) in [6, 6.07) is 8.77. The molecule has 0 radical (unpaired) electrons. The van der Waals surface area contributed by atoms with E-state index < -0.39 is 0 Å². The number of guanidine groups is 1. The molecule has 2 heterocycles. The van der Waals surface area contributed by atoms with Crippen LogP contribution in [0.15, 0.2) is 29.3 Å². The monoisotopic (exact) mass is 374 g/mol. The van der Waals surface area contributed by atoms with Crippen molar-refractivity contribution in [3.8, 4) is 5.75 Å². The lowest BCUT2D eigenvalue weighted by atomic mass is 10.0. The average Bonchev–Trinajstić information content (AvgIpc) is 3.37. The molecule has 2 atom stereocenters. The Labute approximate surface area is 163 Å². The fraction of sp³-hybridized carbons (Fsp3) is 0.667. The Bertz CT molecular complexity index is 605. The second-order valence-corrected chi connectivity index (χ2v) is 7.74. The Morgan fingerprint density at radius 3 is 2.56 bits per heavy atom. The molecule has 3 rings (SSSR count). The van der Waals surface area contributed by atoms with Gasteiger partial charge in [0.2, 0.25) is 0 Å². The summed E-state index contributed by atoms with van der Waals surface area (Å²) in [4.78, 5) is 6.96. The Kier molecular flexibility index (Phi) is 6.96. The highest BCUT2D eigenvalue weighted by Crippen LogP contribution is 2.26. The van der Waals surface area contributed by atoms with E-state index in [1.54, 1.807) is 7.11 Å². The van der Waals surface area contributed by atoms with Gasteiger partial charge in [-0.05, 0) is 63.4 Å². The van der Waals surface area contributed by atoms with Crippen molar-refractivity contribution < 1.29 is 9.47 Å². The molecule has 2 N–H and O–H groups in total. The van der Waals surface area contributed by atoms with E-state index in [4.69, 9.17) is 9.47 Å². The van der Waals surface area contributed by atoms with Crippen LogP contribution >= 0.6 is 0 Å². The summed E-state index contributed by atoms with van der Waals surface area (Å²) in [7, 11) is 3.53. The molecule has 2 aliphatic rings. The summed E-state index contributed by atoms with van der Waals surface area (Å²) in [5, 5.41) is 6.97. The maximum absolute atomic E-state index is 5.87. The van der Waals surface area contributed by atoms with Crippen molar-refractivity contribution in [2.75, 3.05) is 46.9 Å². The molecule has 0 bridgehead atoms. The standard InChI is InChI=1S/C21H34N4O2/c1-21(11-6-14-27-21)16-24-20(22-2)23-15-19(25-12-4-5-13-25)17-7-9-18(26-3)10-8-17/h7-10,19H,4-6,11-16H2,1-3H3,(H2,22,23,24). The number of hydrogen-bond acceptors (Lipinski definition) is 4. The number of benzene rings is 1. The van der Waals surface area contributed by atoms with Gasteiger partial charge < -0.3 is 20.1 Å². The van der Waals surface area contributed by atoms with Crippen molar-refractivity contribution in [3.05, 3.63) is 29.8 Å². The average molecular weight is 375 g/mol. The number of aliphatic imine (C=N–C) groups is 1. The summed E-state index contributed by atoms with van der Waals surface area (Å²) >= 11 is 0. The van der Waals surface area contributed by atoms with Gasteiger partial charge in [-0.3, -0.25) is 9.89 Å². The largest absolute Gasteiger partial charge is 0.497 e. The Morgan fingerprint density at radius 1 is 1.22 bits per heavy atom. The first-order valence-electron chi connectivity index (χ1n) is 10.1. The predicted molar refractivity (Wildman–Crippen MR) is 109 cm³/mol. The molecule has 6 heteroatoms.